The third-order valence-electron chi connectivity index (χ3n) is 6.47. The van der Waals surface area contributed by atoms with Crippen LogP contribution >= 0.6 is 23.2 Å². The maximum Gasteiger partial charge on any atom is 0.246 e. The normalized spacial score (nSPS) is 23.7. The fraction of sp³-hybridized carbons (Fsp3) is 0.583. The molecule has 2 heterocycles. The van der Waals surface area contributed by atoms with Crippen molar-refractivity contribution >= 4 is 41.1 Å². The number of likely N-dealkylation sites (tertiary alicyclic amines) is 1. The Morgan fingerprint density at radius 1 is 1.21 bits per heavy atom. The van der Waals surface area contributed by atoms with Crippen LogP contribution in [0.15, 0.2) is 24.3 Å². The van der Waals surface area contributed by atoms with E-state index in [0.29, 0.717) is 55.7 Å². The predicted octanol–water partition coefficient (Wildman–Crippen LogP) is 2.52. The minimum Gasteiger partial charge on any atom is -0.392 e. The van der Waals surface area contributed by atoms with Gasteiger partial charge in [0.25, 0.3) is 0 Å². The Balaban J connectivity index is 1.45. The molecule has 3 rings (SSSR count). The van der Waals surface area contributed by atoms with Crippen LogP contribution in [0.1, 0.15) is 31.7 Å². The van der Waals surface area contributed by atoms with Gasteiger partial charge in [-0.15, -0.1) is 0 Å². The van der Waals surface area contributed by atoms with Crippen molar-refractivity contribution in [2.45, 2.75) is 38.4 Å². The van der Waals surface area contributed by atoms with Crippen molar-refractivity contribution in [3.63, 3.8) is 0 Å². The van der Waals surface area contributed by atoms with Crippen molar-refractivity contribution in [3.05, 3.63) is 39.9 Å². The van der Waals surface area contributed by atoms with E-state index >= 15 is 0 Å². The van der Waals surface area contributed by atoms with Gasteiger partial charge >= 0.3 is 0 Å². The highest BCUT2D eigenvalue weighted by molar-refractivity contribution is 6.42. The van der Waals surface area contributed by atoms with Crippen molar-refractivity contribution in [1.82, 2.24) is 14.7 Å². The molecule has 182 valence electrons. The largest absolute Gasteiger partial charge is 0.392 e. The van der Waals surface area contributed by atoms with Crippen LogP contribution in [0.2, 0.25) is 10.0 Å². The number of nitrogens with zero attached hydrogens (tertiary/aromatic N) is 3. The summed E-state index contributed by atoms with van der Waals surface area (Å²) >= 11 is 11.9. The summed E-state index contributed by atoms with van der Waals surface area (Å²) in [6.07, 6.45) is 3.90. The number of hydrogen-bond donors (Lipinski definition) is 2. The zero-order valence-electron chi connectivity index (χ0n) is 19.0. The lowest BCUT2D eigenvalue weighted by Gasteiger charge is -2.35. The van der Waals surface area contributed by atoms with Gasteiger partial charge in [0.1, 0.15) is 0 Å². The highest BCUT2D eigenvalue weighted by atomic mass is 35.5. The van der Waals surface area contributed by atoms with E-state index in [1.165, 1.54) is 6.08 Å². The number of hydrogen-bond acceptors (Lipinski definition) is 5. The molecule has 1 unspecified atom stereocenters. The van der Waals surface area contributed by atoms with Crippen molar-refractivity contribution in [3.8, 4) is 0 Å². The highest BCUT2D eigenvalue weighted by Gasteiger charge is 2.27. The van der Waals surface area contributed by atoms with Gasteiger partial charge < -0.3 is 20.0 Å². The van der Waals surface area contributed by atoms with Gasteiger partial charge in [0.15, 0.2) is 0 Å². The van der Waals surface area contributed by atoms with Crippen molar-refractivity contribution in [2.75, 3.05) is 45.8 Å². The average molecular weight is 498 g/mol. The number of rotatable bonds is 7. The van der Waals surface area contributed by atoms with Crippen molar-refractivity contribution in [1.29, 1.82) is 0 Å². The van der Waals surface area contributed by atoms with Crippen LogP contribution in [0.25, 0.3) is 6.08 Å². The number of carbonyl (C=O) groups excluding carboxylic acids is 2. The van der Waals surface area contributed by atoms with Gasteiger partial charge in [-0.3, -0.25) is 14.5 Å². The number of amides is 2. The van der Waals surface area contributed by atoms with Crippen LogP contribution in [-0.2, 0) is 9.59 Å². The molecule has 2 fully saturated rings. The van der Waals surface area contributed by atoms with Gasteiger partial charge in [-0.25, -0.2) is 0 Å². The molecule has 0 saturated carbocycles. The minimum absolute atomic E-state index is 0.00631. The quantitative estimate of drug-likeness (QED) is 0.565. The van der Waals surface area contributed by atoms with E-state index in [4.69, 9.17) is 23.2 Å². The number of aliphatic hydroxyl groups excluding tert-OH is 2. The molecule has 2 amide bonds. The van der Waals surface area contributed by atoms with Crippen molar-refractivity contribution in [2.24, 2.45) is 5.92 Å². The first-order chi connectivity index (χ1) is 15.7. The third kappa shape index (κ3) is 7.69. The molecule has 2 aliphatic rings. The molecule has 0 radical (unpaired) electrons. The molecule has 0 bridgehead atoms. The molecule has 0 aliphatic carbocycles. The molecule has 2 saturated heterocycles. The number of benzene rings is 1. The first-order valence-electron chi connectivity index (χ1n) is 11.5. The highest BCUT2D eigenvalue weighted by Crippen LogP contribution is 2.23. The van der Waals surface area contributed by atoms with E-state index in [2.05, 4.69) is 4.90 Å². The van der Waals surface area contributed by atoms with Crippen LogP contribution in [0.3, 0.4) is 0 Å². The van der Waals surface area contributed by atoms with E-state index in [9.17, 15) is 19.8 Å². The van der Waals surface area contributed by atoms with Crippen LogP contribution in [0, 0.1) is 5.92 Å². The number of aliphatic hydroxyl groups is 2. The lowest BCUT2D eigenvalue weighted by atomic mass is 9.96. The fourth-order valence-electron chi connectivity index (χ4n) is 4.19. The van der Waals surface area contributed by atoms with Crippen molar-refractivity contribution < 1.29 is 19.8 Å². The second-order valence-electron chi connectivity index (χ2n) is 9.00. The summed E-state index contributed by atoms with van der Waals surface area (Å²) in [6.45, 7) is 5.69. The van der Waals surface area contributed by atoms with Gasteiger partial charge in [-0.1, -0.05) is 36.2 Å². The second-order valence-corrected chi connectivity index (χ2v) is 9.81. The van der Waals surface area contributed by atoms with Gasteiger partial charge in [0.05, 0.1) is 22.3 Å². The molecule has 0 aromatic heterocycles. The van der Waals surface area contributed by atoms with Gasteiger partial charge in [-0.05, 0) is 49.1 Å². The molecule has 2 aliphatic heterocycles. The SMILES string of the molecule is C[C@@H]1CCN(CC(O)CCN2CCN(C(=O)/C=C/c3ccc(Cl)c(Cl)c3)CCC2=O)C[C@H]1O. The maximum atomic E-state index is 12.6. The first kappa shape index (κ1) is 26.0. The summed E-state index contributed by atoms with van der Waals surface area (Å²) in [7, 11) is 0. The van der Waals surface area contributed by atoms with Gasteiger partial charge in [0.2, 0.25) is 11.8 Å². The lowest BCUT2D eigenvalue weighted by molar-refractivity contribution is -0.130. The number of β-amino-alcohol motifs (C(OH)–C–C–N with tert-alkyl or cyclic N) is 2. The van der Waals surface area contributed by atoms with E-state index in [1.807, 2.05) is 6.92 Å². The number of piperidine rings is 1. The molecule has 1 aromatic rings. The zero-order chi connectivity index (χ0) is 24.0. The van der Waals surface area contributed by atoms with Crippen LogP contribution in [0.5, 0.6) is 0 Å². The molecule has 9 heteroatoms. The molecule has 0 spiro atoms. The molecular formula is C24H33Cl2N3O4. The van der Waals surface area contributed by atoms with Crippen LogP contribution < -0.4 is 0 Å². The molecule has 1 aromatic carbocycles. The second kappa shape index (κ2) is 12.2. The van der Waals surface area contributed by atoms with E-state index in [0.717, 1.165) is 18.5 Å². The Hall–Kier alpha value is -1.64. The predicted molar refractivity (Wildman–Crippen MR) is 130 cm³/mol. The summed E-state index contributed by atoms with van der Waals surface area (Å²) in [5, 5.41) is 21.4. The summed E-state index contributed by atoms with van der Waals surface area (Å²) in [6, 6.07) is 5.15. The van der Waals surface area contributed by atoms with E-state index in [-0.39, 0.29) is 30.3 Å². The Labute approximate surface area is 205 Å². The molecule has 33 heavy (non-hydrogen) atoms. The lowest BCUT2D eigenvalue weighted by Crippen LogP contribution is -2.46. The molecule has 7 nitrogen and oxygen atoms in total. The molecule has 3 atom stereocenters. The third-order valence-corrected chi connectivity index (χ3v) is 7.20. The maximum absolute atomic E-state index is 12.6. The molecule has 2 N–H and O–H groups in total. The summed E-state index contributed by atoms with van der Waals surface area (Å²) in [5.74, 6) is 0.124. The molecular weight excluding hydrogens is 465 g/mol. The fourth-order valence-corrected chi connectivity index (χ4v) is 4.49. The van der Waals surface area contributed by atoms with E-state index < -0.39 is 6.10 Å². The van der Waals surface area contributed by atoms with Gasteiger partial charge in [0, 0.05) is 51.8 Å². The summed E-state index contributed by atoms with van der Waals surface area (Å²) in [4.78, 5) is 30.6. The zero-order valence-corrected chi connectivity index (χ0v) is 20.5. The Morgan fingerprint density at radius 3 is 2.73 bits per heavy atom. The Morgan fingerprint density at radius 2 is 2.00 bits per heavy atom. The Bertz CT molecular complexity index is 866. The van der Waals surface area contributed by atoms with Gasteiger partial charge in [-0.2, -0.15) is 0 Å². The topological polar surface area (TPSA) is 84.3 Å². The van der Waals surface area contributed by atoms with E-state index in [1.54, 1.807) is 34.1 Å². The Kier molecular flexibility index (Phi) is 9.58. The smallest absolute Gasteiger partial charge is 0.246 e. The van der Waals surface area contributed by atoms with Crippen LogP contribution in [-0.4, -0.2) is 94.7 Å². The number of halogens is 2. The number of carbonyl (C=O) groups is 2. The minimum atomic E-state index is -0.562. The monoisotopic (exact) mass is 497 g/mol. The summed E-state index contributed by atoms with van der Waals surface area (Å²) < 4.78 is 0. The first-order valence-corrected chi connectivity index (χ1v) is 12.3. The average Bonchev–Trinajstić information content (AvgIpc) is 2.97. The standard InChI is InChI=1S/C24H33Cl2N3O4/c1-17-6-9-27(16-22(17)31)15-19(30)7-10-28-12-13-29(11-8-24(28)33)23(32)5-3-18-2-4-20(25)21(26)14-18/h2-5,14,17,19,22,30-31H,6-13,15-16H2,1H3/b5-3+/t17-,19?,22-/m1/s1. The van der Waals surface area contributed by atoms with Crippen LogP contribution in [0.4, 0.5) is 0 Å². The summed E-state index contributed by atoms with van der Waals surface area (Å²) in [5.41, 5.74) is 0.773.